The Hall–Kier alpha value is -3.00. The Morgan fingerprint density at radius 2 is 2.03 bits per heavy atom. The highest BCUT2D eigenvalue weighted by Crippen LogP contribution is 2.30. The van der Waals surface area contributed by atoms with Crippen LogP contribution in [0, 0.1) is 5.82 Å². The summed E-state index contributed by atoms with van der Waals surface area (Å²) in [7, 11) is 0. The molecule has 9 heteroatoms. The van der Waals surface area contributed by atoms with Gasteiger partial charge in [-0.15, -0.1) is 11.6 Å². The maximum absolute atomic E-state index is 14.4. The van der Waals surface area contributed by atoms with Gasteiger partial charge in [-0.1, -0.05) is 23.7 Å². The molecule has 1 aliphatic heterocycles. The van der Waals surface area contributed by atoms with Crippen LogP contribution in [-0.2, 0) is 23.6 Å². The lowest BCUT2D eigenvalue weighted by Gasteiger charge is -2.23. The summed E-state index contributed by atoms with van der Waals surface area (Å²) >= 11 is 12.0. The van der Waals surface area contributed by atoms with Gasteiger partial charge >= 0.3 is 0 Å². The average molecular weight is 527 g/mol. The van der Waals surface area contributed by atoms with Crippen molar-refractivity contribution in [2.24, 2.45) is 0 Å². The van der Waals surface area contributed by atoms with E-state index in [1.165, 1.54) is 12.3 Å². The Morgan fingerprint density at radius 1 is 1.14 bits per heavy atom. The average Bonchev–Trinajstić information content (AvgIpc) is 3.26. The Bertz CT molecular complexity index is 1400. The molecule has 5 rings (SSSR count). The summed E-state index contributed by atoms with van der Waals surface area (Å²) in [4.78, 5) is 17.1. The number of hydrogen-bond donors (Lipinski definition) is 1. The van der Waals surface area contributed by atoms with Crippen molar-refractivity contribution in [3.8, 4) is 0 Å². The zero-order valence-electron chi connectivity index (χ0n) is 19.5. The molecule has 0 spiro atoms. The van der Waals surface area contributed by atoms with Crippen molar-refractivity contribution in [3.63, 3.8) is 0 Å². The van der Waals surface area contributed by atoms with Crippen molar-refractivity contribution < 1.29 is 13.9 Å². The number of alkyl halides is 1. The van der Waals surface area contributed by atoms with E-state index < -0.39 is 0 Å². The standard InChI is InChI=1S/C27H25Cl2FN4O2/c28-13-17-4-5-19(23(30)11-17)9-18-10-20(15-31-14-18)27(35)32-16-24-22-12-21(29)6-7-25(22)34(33-24)26-3-1-2-8-36-26/h4-7,10-12,14-15,26H,1-3,8-9,13,16H2,(H,32,35). The number of rotatable bonds is 7. The van der Waals surface area contributed by atoms with Gasteiger partial charge in [-0.25, -0.2) is 9.07 Å². The van der Waals surface area contributed by atoms with E-state index in [1.807, 2.05) is 22.9 Å². The molecule has 1 N–H and O–H groups in total. The van der Waals surface area contributed by atoms with Crippen LogP contribution in [0.4, 0.5) is 4.39 Å². The summed E-state index contributed by atoms with van der Waals surface area (Å²) < 4.78 is 22.2. The molecular formula is C27H25Cl2FN4O2. The number of fused-ring (bicyclic) bond motifs is 1. The number of pyridine rings is 1. The van der Waals surface area contributed by atoms with E-state index in [4.69, 9.17) is 33.0 Å². The molecule has 0 aliphatic carbocycles. The third-order valence-corrected chi connectivity index (χ3v) is 6.86. The van der Waals surface area contributed by atoms with Crippen LogP contribution >= 0.6 is 23.2 Å². The number of aromatic nitrogens is 3. The van der Waals surface area contributed by atoms with Gasteiger partial charge in [0, 0.05) is 41.7 Å². The molecule has 1 atom stereocenters. The second-order valence-electron chi connectivity index (χ2n) is 8.87. The number of hydrogen-bond acceptors (Lipinski definition) is 4. The summed E-state index contributed by atoms with van der Waals surface area (Å²) in [5.41, 5.74) is 3.98. The molecule has 186 valence electrons. The third kappa shape index (κ3) is 5.38. The first-order valence-electron chi connectivity index (χ1n) is 11.9. The molecule has 4 aromatic rings. The topological polar surface area (TPSA) is 69.0 Å². The monoisotopic (exact) mass is 526 g/mol. The van der Waals surface area contributed by atoms with Crippen molar-refractivity contribution in [2.75, 3.05) is 6.61 Å². The van der Waals surface area contributed by atoms with Gasteiger partial charge in [0.05, 0.1) is 23.3 Å². The number of ether oxygens (including phenoxy) is 1. The van der Waals surface area contributed by atoms with Gasteiger partial charge in [0.25, 0.3) is 5.91 Å². The Balaban J connectivity index is 1.32. The van der Waals surface area contributed by atoms with Crippen molar-refractivity contribution in [1.29, 1.82) is 0 Å². The van der Waals surface area contributed by atoms with Gasteiger partial charge in [-0.05, 0) is 66.3 Å². The first kappa shape index (κ1) is 24.7. The molecular weight excluding hydrogens is 502 g/mol. The predicted octanol–water partition coefficient (Wildman–Crippen LogP) is 6.18. The van der Waals surface area contributed by atoms with Crippen molar-refractivity contribution in [2.45, 2.75) is 44.3 Å². The zero-order valence-corrected chi connectivity index (χ0v) is 21.0. The fourth-order valence-electron chi connectivity index (χ4n) is 4.46. The molecule has 1 saturated heterocycles. The lowest BCUT2D eigenvalue weighted by molar-refractivity contribution is -0.0369. The van der Waals surface area contributed by atoms with Crippen molar-refractivity contribution >= 4 is 40.0 Å². The molecule has 1 aliphatic rings. The summed E-state index contributed by atoms with van der Waals surface area (Å²) in [6.07, 6.45) is 6.32. The van der Waals surface area contributed by atoms with Gasteiger partial charge < -0.3 is 10.1 Å². The number of amides is 1. The van der Waals surface area contributed by atoms with E-state index >= 15 is 0 Å². The van der Waals surface area contributed by atoms with E-state index in [-0.39, 0.29) is 30.4 Å². The van der Waals surface area contributed by atoms with Crippen LogP contribution in [0.15, 0.2) is 54.9 Å². The molecule has 1 amide bonds. The first-order valence-corrected chi connectivity index (χ1v) is 12.8. The number of carbonyl (C=O) groups excluding carboxylic acids is 1. The Kier molecular flexibility index (Phi) is 7.51. The van der Waals surface area contributed by atoms with Crippen LogP contribution in [0.2, 0.25) is 5.02 Å². The van der Waals surface area contributed by atoms with Gasteiger partial charge in [0.2, 0.25) is 0 Å². The number of benzene rings is 2. The van der Waals surface area contributed by atoms with Gasteiger partial charge in [-0.3, -0.25) is 9.78 Å². The summed E-state index contributed by atoms with van der Waals surface area (Å²) in [5, 5.41) is 9.18. The third-order valence-electron chi connectivity index (χ3n) is 6.31. The van der Waals surface area contributed by atoms with Crippen LogP contribution < -0.4 is 5.32 Å². The second kappa shape index (κ2) is 10.9. The van der Waals surface area contributed by atoms with E-state index in [1.54, 1.807) is 24.4 Å². The van der Waals surface area contributed by atoms with E-state index in [0.29, 0.717) is 34.9 Å². The summed E-state index contributed by atoms with van der Waals surface area (Å²) in [6, 6.07) is 12.3. The van der Waals surface area contributed by atoms with Gasteiger partial charge in [-0.2, -0.15) is 5.10 Å². The Morgan fingerprint density at radius 3 is 2.81 bits per heavy atom. The molecule has 0 saturated carbocycles. The van der Waals surface area contributed by atoms with Crippen LogP contribution in [-0.4, -0.2) is 27.3 Å². The van der Waals surface area contributed by atoms with Crippen molar-refractivity contribution in [1.82, 2.24) is 20.1 Å². The molecule has 2 aromatic carbocycles. The number of halogens is 3. The number of nitrogens with one attached hydrogen (secondary N) is 1. The summed E-state index contributed by atoms with van der Waals surface area (Å²) in [5.74, 6) is -0.367. The lowest BCUT2D eigenvalue weighted by Crippen LogP contribution is -2.24. The maximum atomic E-state index is 14.4. The molecule has 0 radical (unpaired) electrons. The highest BCUT2D eigenvalue weighted by atomic mass is 35.5. The van der Waals surface area contributed by atoms with Gasteiger partial charge in [0.1, 0.15) is 5.82 Å². The van der Waals surface area contributed by atoms with Gasteiger partial charge in [0.15, 0.2) is 6.23 Å². The maximum Gasteiger partial charge on any atom is 0.253 e. The lowest BCUT2D eigenvalue weighted by atomic mass is 10.0. The van der Waals surface area contributed by atoms with E-state index in [2.05, 4.69) is 10.3 Å². The minimum Gasteiger partial charge on any atom is -0.356 e. The molecule has 6 nitrogen and oxygen atoms in total. The minimum absolute atomic E-state index is 0.133. The number of nitrogens with zero attached hydrogens (tertiary/aromatic N) is 3. The molecule has 3 heterocycles. The van der Waals surface area contributed by atoms with Crippen LogP contribution in [0.25, 0.3) is 10.9 Å². The minimum atomic E-state index is -0.328. The van der Waals surface area contributed by atoms with Crippen LogP contribution in [0.3, 0.4) is 0 Å². The highest BCUT2D eigenvalue weighted by Gasteiger charge is 2.21. The predicted molar refractivity (Wildman–Crippen MR) is 138 cm³/mol. The quantitative estimate of drug-likeness (QED) is 0.292. The normalized spacial score (nSPS) is 15.8. The first-order chi connectivity index (χ1) is 17.5. The fraction of sp³-hybridized carbons (Fsp3) is 0.296. The van der Waals surface area contributed by atoms with E-state index in [9.17, 15) is 9.18 Å². The second-order valence-corrected chi connectivity index (χ2v) is 9.58. The zero-order chi connectivity index (χ0) is 25.1. The fourth-order valence-corrected chi connectivity index (χ4v) is 4.79. The molecule has 0 bridgehead atoms. The smallest absolute Gasteiger partial charge is 0.253 e. The highest BCUT2D eigenvalue weighted by molar-refractivity contribution is 6.31. The molecule has 1 fully saturated rings. The van der Waals surface area contributed by atoms with E-state index in [0.717, 1.165) is 41.3 Å². The molecule has 1 unspecified atom stereocenters. The number of carbonyl (C=O) groups is 1. The SMILES string of the molecule is O=C(NCc1nn(C2CCCCO2)c2ccc(Cl)cc12)c1cncc(Cc2ccc(CCl)cc2F)c1. The molecule has 36 heavy (non-hydrogen) atoms. The van der Waals surface area contributed by atoms with Crippen molar-refractivity contribution in [3.05, 3.63) is 93.6 Å². The summed E-state index contributed by atoms with van der Waals surface area (Å²) in [6.45, 7) is 0.921. The molecule has 2 aromatic heterocycles. The van der Waals surface area contributed by atoms with Crippen LogP contribution in [0.5, 0.6) is 0 Å². The largest absolute Gasteiger partial charge is 0.356 e. The Labute approximate surface area is 218 Å². The van der Waals surface area contributed by atoms with Crippen LogP contribution in [0.1, 0.15) is 58.2 Å².